The number of aryl methyl sites for hydroxylation is 1. The molecule has 0 atom stereocenters. The summed E-state index contributed by atoms with van der Waals surface area (Å²) in [6, 6.07) is 0. The van der Waals surface area contributed by atoms with E-state index in [1.807, 2.05) is 20.0 Å². The van der Waals surface area contributed by atoms with Crippen molar-refractivity contribution in [1.29, 1.82) is 0 Å². The number of ether oxygens (including phenoxy) is 1. The number of nitrogens with one attached hydrogen (secondary N) is 2. The van der Waals surface area contributed by atoms with Crippen LogP contribution in [0, 0.1) is 0 Å². The molecule has 0 amide bonds. The highest BCUT2D eigenvalue weighted by molar-refractivity contribution is 5.80. The maximum absolute atomic E-state index is 5.79. The highest BCUT2D eigenvalue weighted by Crippen LogP contribution is 2.27. The molecule has 3 rings (SSSR count). The molecular weight excluding hydrogens is 258 g/mol. The molecule has 0 bridgehead atoms. The Hall–Kier alpha value is -2.64. The van der Waals surface area contributed by atoms with Crippen LogP contribution < -0.4 is 10.1 Å². The zero-order valence-electron chi connectivity index (χ0n) is 11.3. The summed E-state index contributed by atoms with van der Waals surface area (Å²) in [5.74, 6) is 1.59. The summed E-state index contributed by atoms with van der Waals surface area (Å²) in [6.07, 6.45) is 5.12. The van der Waals surface area contributed by atoms with Gasteiger partial charge in [-0.15, -0.1) is 0 Å². The Bertz CT molecular complexity index is 717. The van der Waals surface area contributed by atoms with Crippen molar-refractivity contribution in [2.24, 2.45) is 0 Å². The van der Waals surface area contributed by atoms with Gasteiger partial charge in [0.2, 0.25) is 11.8 Å². The molecule has 8 heteroatoms. The number of H-pyrrole nitrogens is 1. The lowest BCUT2D eigenvalue weighted by molar-refractivity contribution is 0.467. The van der Waals surface area contributed by atoms with Gasteiger partial charge < -0.3 is 10.1 Å². The third kappa shape index (κ3) is 2.27. The molecule has 0 unspecified atom stereocenters. The molecule has 0 aliphatic rings. The number of hydrogen-bond acceptors (Lipinski definition) is 6. The lowest BCUT2D eigenvalue weighted by Crippen LogP contribution is -2.03. The van der Waals surface area contributed by atoms with Gasteiger partial charge in [-0.25, -0.2) is 0 Å². The first-order chi connectivity index (χ1) is 9.80. The molecule has 0 fully saturated rings. The first-order valence-corrected chi connectivity index (χ1v) is 6.45. The molecule has 0 aliphatic heterocycles. The van der Waals surface area contributed by atoms with Gasteiger partial charge in [0, 0.05) is 13.1 Å². The molecular formula is C12H15N7O. The summed E-state index contributed by atoms with van der Waals surface area (Å²) < 4.78 is 7.57. The van der Waals surface area contributed by atoms with Crippen molar-refractivity contribution in [3.05, 3.63) is 18.6 Å². The van der Waals surface area contributed by atoms with Crippen LogP contribution in [0.25, 0.3) is 11.0 Å². The normalized spacial score (nSPS) is 10.9. The van der Waals surface area contributed by atoms with Crippen molar-refractivity contribution in [1.82, 2.24) is 29.9 Å². The minimum atomic E-state index is 0.454. The number of anilines is 1. The van der Waals surface area contributed by atoms with Gasteiger partial charge in [0.15, 0.2) is 11.4 Å². The third-order valence-corrected chi connectivity index (χ3v) is 2.76. The quantitative estimate of drug-likeness (QED) is 0.736. The van der Waals surface area contributed by atoms with E-state index < -0.39 is 0 Å². The minimum Gasteiger partial charge on any atom is -0.435 e. The highest BCUT2D eigenvalue weighted by Gasteiger charge is 2.12. The molecule has 0 saturated heterocycles. The van der Waals surface area contributed by atoms with Crippen molar-refractivity contribution in [2.45, 2.75) is 20.4 Å². The van der Waals surface area contributed by atoms with Crippen LogP contribution in [0.4, 0.5) is 5.95 Å². The molecule has 3 aromatic rings. The van der Waals surface area contributed by atoms with Crippen LogP contribution in [0.5, 0.6) is 11.6 Å². The fourth-order valence-corrected chi connectivity index (χ4v) is 1.81. The van der Waals surface area contributed by atoms with E-state index in [1.165, 1.54) is 0 Å². The van der Waals surface area contributed by atoms with Crippen LogP contribution in [0.15, 0.2) is 18.6 Å². The monoisotopic (exact) mass is 273 g/mol. The summed E-state index contributed by atoms with van der Waals surface area (Å²) in [7, 11) is 0. The molecule has 0 saturated carbocycles. The Kier molecular flexibility index (Phi) is 3.20. The van der Waals surface area contributed by atoms with E-state index in [4.69, 9.17) is 4.74 Å². The van der Waals surface area contributed by atoms with E-state index >= 15 is 0 Å². The zero-order chi connectivity index (χ0) is 13.9. The lowest BCUT2D eigenvalue weighted by Gasteiger charge is -2.06. The van der Waals surface area contributed by atoms with Crippen molar-refractivity contribution < 1.29 is 4.74 Å². The summed E-state index contributed by atoms with van der Waals surface area (Å²) >= 11 is 0. The Balaban J connectivity index is 1.98. The maximum atomic E-state index is 5.79. The lowest BCUT2D eigenvalue weighted by atomic mass is 10.4. The summed E-state index contributed by atoms with van der Waals surface area (Å²) in [4.78, 5) is 8.66. The highest BCUT2D eigenvalue weighted by atomic mass is 16.5. The second kappa shape index (κ2) is 5.16. The van der Waals surface area contributed by atoms with Crippen molar-refractivity contribution in [3.63, 3.8) is 0 Å². The Morgan fingerprint density at radius 3 is 2.95 bits per heavy atom. The fraction of sp³-hybridized carbons (Fsp3) is 0.333. The van der Waals surface area contributed by atoms with E-state index in [0.29, 0.717) is 23.2 Å². The van der Waals surface area contributed by atoms with Gasteiger partial charge in [0.25, 0.3) is 0 Å². The Morgan fingerprint density at radius 1 is 1.30 bits per heavy atom. The van der Waals surface area contributed by atoms with Crippen LogP contribution in [-0.4, -0.2) is 36.5 Å². The van der Waals surface area contributed by atoms with E-state index in [-0.39, 0.29) is 0 Å². The predicted octanol–water partition coefficient (Wildman–Crippen LogP) is 1.79. The first kappa shape index (κ1) is 12.4. The van der Waals surface area contributed by atoms with Crippen molar-refractivity contribution in [2.75, 3.05) is 11.9 Å². The van der Waals surface area contributed by atoms with Gasteiger partial charge in [-0.3, -0.25) is 9.78 Å². The average molecular weight is 273 g/mol. The van der Waals surface area contributed by atoms with Crippen LogP contribution in [0.1, 0.15) is 13.8 Å². The molecule has 0 radical (unpaired) electrons. The fourth-order valence-electron chi connectivity index (χ4n) is 1.81. The third-order valence-electron chi connectivity index (χ3n) is 2.76. The van der Waals surface area contributed by atoms with Gasteiger partial charge in [0.05, 0.1) is 18.6 Å². The van der Waals surface area contributed by atoms with Crippen molar-refractivity contribution >= 4 is 17.0 Å². The largest absolute Gasteiger partial charge is 0.435 e. The number of fused-ring (bicyclic) bond motifs is 1. The zero-order valence-corrected chi connectivity index (χ0v) is 11.3. The molecule has 104 valence electrons. The summed E-state index contributed by atoms with van der Waals surface area (Å²) in [5.41, 5.74) is 0.633. The van der Waals surface area contributed by atoms with E-state index in [2.05, 4.69) is 30.6 Å². The molecule has 8 nitrogen and oxygen atoms in total. The van der Waals surface area contributed by atoms with Crippen LogP contribution in [0.3, 0.4) is 0 Å². The molecule has 3 aromatic heterocycles. The van der Waals surface area contributed by atoms with Crippen LogP contribution in [-0.2, 0) is 6.54 Å². The van der Waals surface area contributed by atoms with E-state index in [0.717, 1.165) is 18.5 Å². The van der Waals surface area contributed by atoms with Crippen molar-refractivity contribution in [3.8, 4) is 11.6 Å². The Labute approximate surface area is 115 Å². The molecule has 0 spiro atoms. The summed E-state index contributed by atoms with van der Waals surface area (Å²) in [6.45, 7) is 5.51. The Morgan fingerprint density at radius 2 is 2.20 bits per heavy atom. The van der Waals surface area contributed by atoms with Gasteiger partial charge in [0.1, 0.15) is 5.39 Å². The second-order valence-corrected chi connectivity index (χ2v) is 4.15. The van der Waals surface area contributed by atoms with Crippen LogP contribution in [0.2, 0.25) is 0 Å². The maximum Gasteiger partial charge on any atom is 0.235 e. The van der Waals surface area contributed by atoms with Gasteiger partial charge in [-0.05, 0) is 13.8 Å². The van der Waals surface area contributed by atoms with E-state index in [9.17, 15) is 0 Å². The van der Waals surface area contributed by atoms with E-state index in [1.54, 1.807) is 17.1 Å². The SMILES string of the molecule is CCNc1nc(Oc2cnn(CC)c2)c2cn[nH]c2n1. The van der Waals surface area contributed by atoms with Crippen LogP contribution >= 0.6 is 0 Å². The molecule has 3 heterocycles. The van der Waals surface area contributed by atoms with Gasteiger partial charge in [-0.2, -0.15) is 20.2 Å². The van der Waals surface area contributed by atoms with Gasteiger partial charge in [-0.1, -0.05) is 0 Å². The number of rotatable bonds is 5. The average Bonchev–Trinajstić information content (AvgIpc) is 3.07. The first-order valence-electron chi connectivity index (χ1n) is 6.45. The minimum absolute atomic E-state index is 0.454. The number of aromatic amines is 1. The molecule has 2 N–H and O–H groups in total. The van der Waals surface area contributed by atoms with Gasteiger partial charge >= 0.3 is 0 Å². The predicted molar refractivity (Wildman–Crippen MR) is 73.8 cm³/mol. The number of nitrogens with zero attached hydrogens (tertiary/aromatic N) is 5. The number of hydrogen-bond donors (Lipinski definition) is 2. The molecule has 20 heavy (non-hydrogen) atoms. The topological polar surface area (TPSA) is 93.5 Å². The molecule has 0 aliphatic carbocycles. The second-order valence-electron chi connectivity index (χ2n) is 4.15. The molecule has 0 aromatic carbocycles. The smallest absolute Gasteiger partial charge is 0.235 e. The number of aromatic nitrogens is 6. The standard InChI is InChI=1S/C12H15N7O/c1-3-13-12-16-10-9(6-14-18-10)11(17-12)20-8-5-15-19(4-2)7-8/h5-7H,3-4H2,1-2H3,(H2,13,14,16,17,18). The summed E-state index contributed by atoms with van der Waals surface area (Å²) in [5, 5.41) is 14.7.